The standard InChI is InChI=1S/C24H33N5O2S/c1-16-7-6-8-17(2)22(16)25-21(31)15-29(19-11-12-19)14-13-20(30)26-24-28-27-23(32-24)18-9-4-3-5-10-18/h6-8,18-19H,3-5,9-15H2,1-2H3,(H,25,31)(H,26,28,30). The van der Waals surface area contributed by atoms with Crippen molar-refractivity contribution in [2.24, 2.45) is 0 Å². The number of benzene rings is 1. The van der Waals surface area contributed by atoms with Gasteiger partial charge in [0.1, 0.15) is 5.01 Å². The first-order chi connectivity index (χ1) is 15.5. The number of aryl methyl sites for hydroxylation is 2. The smallest absolute Gasteiger partial charge is 0.238 e. The molecule has 0 aliphatic heterocycles. The molecule has 0 unspecified atom stereocenters. The summed E-state index contributed by atoms with van der Waals surface area (Å²) in [6.07, 6.45) is 8.65. The van der Waals surface area contributed by atoms with E-state index >= 15 is 0 Å². The molecule has 2 saturated carbocycles. The van der Waals surface area contributed by atoms with E-state index in [2.05, 4.69) is 25.7 Å². The number of amides is 2. The quantitative estimate of drug-likeness (QED) is 0.575. The molecule has 172 valence electrons. The van der Waals surface area contributed by atoms with E-state index in [1.165, 1.54) is 43.4 Å². The van der Waals surface area contributed by atoms with Crippen LogP contribution < -0.4 is 10.6 Å². The third kappa shape index (κ3) is 6.13. The molecule has 8 heteroatoms. The van der Waals surface area contributed by atoms with Gasteiger partial charge in [-0.2, -0.15) is 0 Å². The Kier molecular flexibility index (Phi) is 7.52. The molecule has 0 spiro atoms. The first-order valence-electron chi connectivity index (χ1n) is 11.7. The van der Waals surface area contributed by atoms with E-state index < -0.39 is 0 Å². The number of para-hydroxylation sites is 1. The highest BCUT2D eigenvalue weighted by Gasteiger charge is 2.30. The monoisotopic (exact) mass is 455 g/mol. The zero-order valence-electron chi connectivity index (χ0n) is 19.0. The maximum Gasteiger partial charge on any atom is 0.238 e. The molecule has 1 heterocycles. The van der Waals surface area contributed by atoms with Gasteiger partial charge in [0.25, 0.3) is 0 Å². The number of rotatable bonds is 9. The number of hydrogen-bond donors (Lipinski definition) is 2. The van der Waals surface area contributed by atoms with E-state index in [4.69, 9.17) is 0 Å². The molecule has 32 heavy (non-hydrogen) atoms. The van der Waals surface area contributed by atoms with Crippen molar-refractivity contribution in [2.45, 2.75) is 77.2 Å². The largest absolute Gasteiger partial charge is 0.324 e. The predicted octanol–water partition coefficient (Wildman–Crippen LogP) is 4.63. The molecule has 1 aromatic heterocycles. The lowest BCUT2D eigenvalue weighted by molar-refractivity contribution is -0.119. The fourth-order valence-corrected chi connectivity index (χ4v) is 5.36. The lowest BCUT2D eigenvalue weighted by atomic mass is 9.90. The summed E-state index contributed by atoms with van der Waals surface area (Å²) in [5.74, 6) is 0.390. The van der Waals surface area contributed by atoms with Gasteiger partial charge in [0.05, 0.1) is 6.54 Å². The minimum absolute atomic E-state index is 0.0315. The number of nitrogens with zero attached hydrogens (tertiary/aromatic N) is 3. The molecule has 2 amide bonds. The first-order valence-corrected chi connectivity index (χ1v) is 12.5. The van der Waals surface area contributed by atoms with Gasteiger partial charge >= 0.3 is 0 Å². The molecule has 2 aromatic rings. The van der Waals surface area contributed by atoms with Crippen LogP contribution in [-0.4, -0.2) is 46.0 Å². The fourth-order valence-electron chi connectivity index (χ4n) is 4.43. The second-order valence-electron chi connectivity index (χ2n) is 9.10. The normalized spacial score (nSPS) is 16.8. The highest BCUT2D eigenvalue weighted by Crippen LogP contribution is 2.35. The highest BCUT2D eigenvalue weighted by atomic mass is 32.1. The Morgan fingerprint density at radius 1 is 1.00 bits per heavy atom. The minimum Gasteiger partial charge on any atom is -0.324 e. The van der Waals surface area contributed by atoms with Gasteiger partial charge in [0.15, 0.2) is 0 Å². The molecule has 0 atom stereocenters. The van der Waals surface area contributed by atoms with Crippen molar-refractivity contribution in [2.75, 3.05) is 23.7 Å². The fraction of sp³-hybridized carbons (Fsp3) is 0.583. The summed E-state index contributed by atoms with van der Waals surface area (Å²) in [6, 6.07) is 6.38. The van der Waals surface area contributed by atoms with E-state index in [0.717, 1.165) is 34.7 Å². The number of hydrogen-bond acceptors (Lipinski definition) is 6. The van der Waals surface area contributed by atoms with Gasteiger partial charge in [0.2, 0.25) is 16.9 Å². The summed E-state index contributed by atoms with van der Waals surface area (Å²) in [7, 11) is 0. The van der Waals surface area contributed by atoms with E-state index in [1.54, 1.807) is 0 Å². The molecule has 4 rings (SSSR count). The number of carbonyl (C=O) groups excluding carboxylic acids is 2. The Balaban J connectivity index is 1.26. The molecule has 2 aliphatic rings. The molecule has 0 saturated heterocycles. The summed E-state index contributed by atoms with van der Waals surface area (Å²) in [6.45, 7) is 4.86. The van der Waals surface area contributed by atoms with Crippen LogP contribution in [0.2, 0.25) is 0 Å². The van der Waals surface area contributed by atoms with Gasteiger partial charge < -0.3 is 10.6 Å². The average molecular weight is 456 g/mol. The van der Waals surface area contributed by atoms with Crippen molar-refractivity contribution in [3.8, 4) is 0 Å². The number of nitrogens with one attached hydrogen (secondary N) is 2. The van der Waals surface area contributed by atoms with Crippen LogP contribution in [0.5, 0.6) is 0 Å². The number of anilines is 2. The van der Waals surface area contributed by atoms with Crippen LogP contribution >= 0.6 is 11.3 Å². The van der Waals surface area contributed by atoms with Crippen LogP contribution in [0.15, 0.2) is 18.2 Å². The van der Waals surface area contributed by atoms with Gasteiger partial charge in [-0.15, -0.1) is 10.2 Å². The van der Waals surface area contributed by atoms with Crippen molar-refractivity contribution < 1.29 is 9.59 Å². The summed E-state index contributed by atoms with van der Waals surface area (Å²) in [5, 5.41) is 16.1. The topological polar surface area (TPSA) is 87.2 Å². The average Bonchev–Trinajstić information content (AvgIpc) is 3.53. The van der Waals surface area contributed by atoms with E-state index in [-0.39, 0.29) is 11.8 Å². The molecule has 0 bridgehead atoms. The van der Waals surface area contributed by atoms with Crippen LogP contribution in [0.1, 0.15) is 73.4 Å². The van der Waals surface area contributed by atoms with Gasteiger partial charge in [-0.05, 0) is 50.7 Å². The second kappa shape index (κ2) is 10.5. The van der Waals surface area contributed by atoms with Crippen molar-refractivity contribution in [3.05, 3.63) is 34.3 Å². The van der Waals surface area contributed by atoms with Crippen LogP contribution in [0.4, 0.5) is 10.8 Å². The van der Waals surface area contributed by atoms with Crippen LogP contribution in [0.3, 0.4) is 0 Å². The number of aromatic nitrogens is 2. The number of carbonyl (C=O) groups is 2. The van der Waals surface area contributed by atoms with Gasteiger partial charge in [-0.3, -0.25) is 14.5 Å². The molecule has 7 nitrogen and oxygen atoms in total. The Hall–Kier alpha value is -2.32. The van der Waals surface area contributed by atoms with Crippen molar-refractivity contribution >= 4 is 34.0 Å². The molecule has 2 aliphatic carbocycles. The zero-order valence-corrected chi connectivity index (χ0v) is 19.8. The maximum atomic E-state index is 12.7. The van der Waals surface area contributed by atoms with Crippen molar-refractivity contribution in [3.63, 3.8) is 0 Å². The maximum absolute atomic E-state index is 12.7. The lowest BCUT2D eigenvalue weighted by Gasteiger charge is -2.21. The Labute approximate surface area is 194 Å². The molecule has 2 N–H and O–H groups in total. The molecule has 1 aromatic carbocycles. The van der Waals surface area contributed by atoms with Crippen molar-refractivity contribution in [1.82, 2.24) is 15.1 Å². The third-order valence-corrected chi connectivity index (χ3v) is 7.42. The summed E-state index contributed by atoms with van der Waals surface area (Å²) in [4.78, 5) is 27.3. The van der Waals surface area contributed by atoms with E-state index in [0.29, 0.717) is 36.6 Å². The van der Waals surface area contributed by atoms with Crippen LogP contribution in [0, 0.1) is 13.8 Å². The Morgan fingerprint density at radius 3 is 2.41 bits per heavy atom. The summed E-state index contributed by atoms with van der Waals surface area (Å²) < 4.78 is 0. The third-order valence-electron chi connectivity index (χ3n) is 6.42. The zero-order chi connectivity index (χ0) is 22.5. The molecule has 2 fully saturated rings. The van der Waals surface area contributed by atoms with Crippen LogP contribution in [-0.2, 0) is 9.59 Å². The SMILES string of the molecule is Cc1cccc(C)c1NC(=O)CN(CCC(=O)Nc1nnc(C2CCCCC2)s1)C1CC1. The van der Waals surface area contributed by atoms with Crippen LogP contribution in [0.25, 0.3) is 0 Å². The van der Waals surface area contributed by atoms with E-state index in [9.17, 15) is 9.59 Å². The van der Waals surface area contributed by atoms with Gasteiger partial charge in [-0.1, -0.05) is 48.8 Å². The predicted molar refractivity (Wildman–Crippen MR) is 128 cm³/mol. The summed E-state index contributed by atoms with van der Waals surface area (Å²) >= 11 is 1.50. The van der Waals surface area contributed by atoms with Gasteiger partial charge in [0, 0.05) is 30.6 Å². The molecular formula is C24H33N5O2S. The highest BCUT2D eigenvalue weighted by molar-refractivity contribution is 7.15. The van der Waals surface area contributed by atoms with Crippen molar-refractivity contribution in [1.29, 1.82) is 0 Å². The van der Waals surface area contributed by atoms with Gasteiger partial charge in [-0.25, -0.2) is 0 Å². The first kappa shape index (κ1) is 22.9. The van der Waals surface area contributed by atoms with E-state index in [1.807, 2.05) is 32.0 Å². The Morgan fingerprint density at radius 2 is 1.72 bits per heavy atom. The summed E-state index contributed by atoms with van der Waals surface area (Å²) in [5.41, 5.74) is 3.00. The lowest BCUT2D eigenvalue weighted by Crippen LogP contribution is -2.37. The Bertz CT molecular complexity index is 929. The molecule has 0 radical (unpaired) electrons. The molecular weight excluding hydrogens is 422 g/mol. The second-order valence-corrected chi connectivity index (χ2v) is 10.1. The minimum atomic E-state index is -0.0721.